The Balaban J connectivity index is 0.000000882. The van der Waals surface area contributed by atoms with E-state index < -0.39 is 8.07 Å². The van der Waals surface area contributed by atoms with Crippen molar-refractivity contribution in [3.05, 3.63) is 44.9 Å². The van der Waals surface area contributed by atoms with Crippen LogP contribution in [-0.2, 0) is 26.2 Å². The van der Waals surface area contributed by atoms with Crippen molar-refractivity contribution in [2.45, 2.75) is 26.4 Å². The molecule has 1 aliphatic carbocycles. The van der Waals surface area contributed by atoms with Crippen LogP contribution in [0.5, 0.6) is 0 Å². The third kappa shape index (κ3) is 2.75. The molecule has 0 N–H and O–H groups in total. The van der Waals surface area contributed by atoms with Gasteiger partial charge in [-0.2, -0.15) is 0 Å². The molecule has 1 radical (unpaired) electrons. The number of halogens is 4. The van der Waals surface area contributed by atoms with E-state index in [-0.39, 0.29) is 51.0 Å². The fourth-order valence-electron chi connectivity index (χ4n) is 4.01. The molecular formula is C17H15BrCl3SiZr. The number of benzene rings is 1. The molecule has 0 saturated heterocycles. The number of allylic oxidation sites excluding steroid dienone is 4. The van der Waals surface area contributed by atoms with Gasteiger partial charge in [0.1, 0.15) is 0 Å². The zero-order valence-corrected chi connectivity index (χ0v) is 20.3. The van der Waals surface area contributed by atoms with Crippen LogP contribution < -0.4 is 35.2 Å². The Morgan fingerprint density at radius 2 is 1.87 bits per heavy atom. The van der Waals surface area contributed by atoms with Gasteiger partial charge in [-0.3, -0.25) is 0 Å². The van der Waals surface area contributed by atoms with E-state index >= 15 is 0 Å². The van der Waals surface area contributed by atoms with Gasteiger partial charge >= 0.3 is 26.2 Å². The summed E-state index contributed by atoms with van der Waals surface area (Å²) in [6.45, 7) is 7.08. The van der Waals surface area contributed by atoms with Crippen molar-refractivity contribution in [2.24, 2.45) is 0 Å². The van der Waals surface area contributed by atoms with E-state index in [0.29, 0.717) is 0 Å². The first-order valence-corrected chi connectivity index (χ1v) is 11.1. The zero-order chi connectivity index (χ0) is 14.2. The second kappa shape index (κ2) is 7.17. The van der Waals surface area contributed by atoms with E-state index in [1.807, 2.05) is 0 Å². The molecule has 0 fully saturated rings. The summed E-state index contributed by atoms with van der Waals surface area (Å²) < 4.78 is 1.26. The van der Waals surface area contributed by atoms with Crippen LogP contribution in [-0.4, -0.2) is 8.07 Å². The van der Waals surface area contributed by atoms with Gasteiger partial charge in [-0.05, 0) is 10.9 Å². The Morgan fingerprint density at radius 1 is 1.22 bits per heavy atom. The molecule has 23 heavy (non-hydrogen) atoms. The number of fused-ring (bicyclic) bond motifs is 1. The maximum atomic E-state index is 6.86. The van der Waals surface area contributed by atoms with E-state index in [2.05, 4.69) is 60.2 Å². The molecule has 0 aromatic heterocycles. The largest absolute Gasteiger partial charge is 3.00 e. The van der Waals surface area contributed by atoms with Gasteiger partial charge in [0, 0.05) is 5.02 Å². The summed E-state index contributed by atoms with van der Waals surface area (Å²) in [5.74, 6) is 0. The second-order valence-corrected chi connectivity index (χ2v) is 11.7. The van der Waals surface area contributed by atoms with E-state index in [1.54, 1.807) is 5.19 Å². The van der Waals surface area contributed by atoms with E-state index in [4.69, 9.17) is 11.6 Å². The van der Waals surface area contributed by atoms with Gasteiger partial charge in [-0.1, -0.05) is 82.1 Å². The number of aryl methyl sites for hydroxylation is 1. The summed E-state index contributed by atoms with van der Waals surface area (Å²) in [5.41, 5.74) is 4.07. The zero-order valence-electron chi connectivity index (χ0n) is 13.0. The Hall–Kier alpha value is 0.760. The average Bonchev–Trinajstić information content (AvgIpc) is 2.99. The van der Waals surface area contributed by atoms with Gasteiger partial charge in [0.25, 0.3) is 0 Å². The molecule has 0 atom stereocenters. The summed E-state index contributed by atoms with van der Waals surface area (Å²) in [6.07, 6.45) is 7.55. The smallest absolute Gasteiger partial charge is 1.00 e. The number of rotatable bonds is 1. The van der Waals surface area contributed by atoms with Crippen LogP contribution in [0.15, 0.2) is 28.8 Å². The molecule has 0 nitrogen and oxygen atoms in total. The van der Waals surface area contributed by atoms with Crippen LogP contribution in [0.2, 0.25) is 18.1 Å². The second-order valence-electron chi connectivity index (χ2n) is 6.32. The molecule has 2 bridgehead atoms. The van der Waals surface area contributed by atoms with Gasteiger partial charge < -0.3 is 24.8 Å². The third-order valence-corrected chi connectivity index (χ3v) is 10.1. The Kier molecular flexibility index (Phi) is 6.80. The average molecular weight is 525 g/mol. The summed E-state index contributed by atoms with van der Waals surface area (Å²) >= 11 is 10.7. The fraction of sp³-hybridized carbons (Fsp3) is 0.235. The van der Waals surface area contributed by atoms with Crippen molar-refractivity contribution in [1.82, 2.24) is 0 Å². The summed E-state index contributed by atoms with van der Waals surface area (Å²) in [7, 11) is -1.65. The number of hydrogen-bond acceptors (Lipinski definition) is 0. The maximum absolute atomic E-state index is 6.86. The summed E-state index contributed by atoms with van der Waals surface area (Å²) in [4.78, 5) is 0. The summed E-state index contributed by atoms with van der Waals surface area (Å²) in [5, 5.41) is 6.73. The molecule has 2 aliphatic rings. The molecule has 6 heteroatoms. The van der Waals surface area contributed by atoms with Crippen LogP contribution in [0.25, 0.3) is 16.3 Å². The first-order chi connectivity index (χ1) is 9.44. The molecule has 119 valence electrons. The minimum Gasteiger partial charge on any atom is -1.00 e. The first-order valence-electron chi connectivity index (χ1n) is 6.92. The fourth-order valence-corrected chi connectivity index (χ4v) is 11.0. The molecule has 0 unspecified atom stereocenters. The summed E-state index contributed by atoms with van der Waals surface area (Å²) in [6, 6.07) is 2.34. The Labute approximate surface area is 183 Å². The Bertz CT molecular complexity index is 850. The van der Waals surface area contributed by atoms with E-state index in [9.17, 15) is 0 Å². The van der Waals surface area contributed by atoms with Crippen molar-refractivity contribution in [3.63, 3.8) is 0 Å². The topological polar surface area (TPSA) is 0 Å². The standard InChI is InChI=1S/C17H15BrClSi.2ClH.Zr/c1-9-8-11-12(10-6-4-5-7-10)15(19)17-14(18)13(11)16(9)20(17,2)3;;;/h4-6,8H,7H2,1-3H3;2*1H;/q-1;;;+3/p-2. The van der Waals surface area contributed by atoms with E-state index in [0.717, 1.165) is 11.4 Å². The predicted molar refractivity (Wildman–Crippen MR) is 95.5 cm³/mol. The predicted octanol–water partition coefficient (Wildman–Crippen LogP) is -1.23. The SMILES string of the molecule is Cc1[cH-]c2c(C3=CC=CC3)c(Cl)c3c(Br)c2c1[Si]3(C)C.[Cl-].[Cl-].[Zr+3]. The van der Waals surface area contributed by atoms with Crippen LogP contribution in [0.4, 0.5) is 0 Å². The molecule has 2 aromatic rings. The molecule has 0 saturated carbocycles. The van der Waals surface area contributed by atoms with E-state index in [1.165, 1.54) is 37.1 Å². The quantitative estimate of drug-likeness (QED) is 0.324. The van der Waals surface area contributed by atoms with Crippen molar-refractivity contribution >= 4 is 62.3 Å². The molecule has 2 aromatic carbocycles. The van der Waals surface area contributed by atoms with Crippen LogP contribution in [0.3, 0.4) is 0 Å². The molecular weight excluding hydrogens is 510 g/mol. The maximum Gasteiger partial charge on any atom is 3.00 e. The first kappa shape index (κ1) is 21.8. The normalized spacial score (nSPS) is 16.1. The Morgan fingerprint density at radius 3 is 2.43 bits per heavy atom. The molecule has 1 aliphatic heterocycles. The van der Waals surface area contributed by atoms with Gasteiger partial charge in [-0.25, -0.2) is 0 Å². The number of hydrogen-bond donors (Lipinski definition) is 0. The van der Waals surface area contributed by atoms with Crippen LogP contribution >= 0.6 is 27.5 Å². The third-order valence-electron chi connectivity index (χ3n) is 4.76. The minimum atomic E-state index is -1.65. The van der Waals surface area contributed by atoms with Crippen molar-refractivity contribution in [2.75, 3.05) is 0 Å². The molecule has 1 heterocycles. The van der Waals surface area contributed by atoms with Crippen LogP contribution in [0.1, 0.15) is 17.5 Å². The van der Waals surface area contributed by atoms with Crippen molar-refractivity contribution in [1.29, 1.82) is 0 Å². The molecule has 0 amide bonds. The van der Waals surface area contributed by atoms with Crippen LogP contribution in [0, 0.1) is 6.92 Å². The minimum absolute atomic E-state index is 0. The van der Waals surface area contributed by atoms with Gasteiger partial charge in [0.2, 0.25) is 0 Å². The molecule has 0 spiro atoms. The van der Waals surface area contributed by atoms with Gasteiger partial charge in [-0.15, -0.1) is 27.6 Å². The van der Waals surface area contributed by atoms with Gasteiger partial charge in [0.05, 0.1) is 8.07 Å². The van der Waals surface area contributed by atoms with Crippen molar-refractivity contribution in [3.8, 4) is 0 Å². The van der Waals surface area contributed by atoms with Crippen molar-refractivity contribution < 1.29 is 51.0 Å². The molecule has 4 rings (SSSR count). The van der Waals surface area contributed by atoms with Gasteiger partial charge in [0.15, 0.2) is 0 Å². The monoisotopic (exact) mass is 521 g/mol.